The molecule has 88 valence electrons. The molecule has 0 N–H and O–H groups in total. The zero-order chi connectivity index (χ0) is 10.7. The first kappa shape index (κ1) is 11.4. The Balaban J connectivity index is 1.90. The molecule has 2 saturated heterocycles. The molecule has 0 bridgehead atoms. The Bertz CT molecular complexity index is 193. The van der Waals surface area contributed by atoms with E-state index in [1.807, 2.05) is 0 Å². The van der Waals surface area contributed by atoms with E-state index in [-0.39, 0.29) is 0 Å². The van der Waals surface area contributed by atoms with Crippen molar-refractivity contribution >= 4 is 0 Å². The molecule has 0 amide bonds. The summed E-state index contributed by atoms with van der Waals surface area (Å²) in [5.74, 6) is 0. The molecule has 0 aliphatic carbocycles. The van der Waals surface area contributed by atoms with Gasteiger partial charge in [-0.2, -0.15) is 0 Å². The van der Waals surface area contributed by atoms with Crippen LogP contribution in [0.25, 0.3) is 0 Å². The number of piperazine rings is 1. The maximum Gasteiger partial charge on any atom is 0.0224 e. The summed E-state index contributed by atoms with van der Waals surface area (Å²) in [6.07, 6.45) is 6.92. The molecule has 2 aliphatic heterocycles. The maximum atomic E-state index is 2.76. The molecule has 15 heavy (non-hydrogen) atoms. The average Bonchev–Trinajstić information content (AvgIpc) is 2.71. The Morgan fingerprint density at radius 1 is 1.20 bits per heavy atom. The molecular weight excluding hydrogens is 184 g/mol. The van der Waals surface area contributed by atoms with E-state index >= 15 is 0 Å². The molecule has 2 atom stereocenters. The van der Waals surface area contributed by atoms with Crippen LogP contribution in [0.2, 0.25) is 0 Å². The first-order valence-corrected chi connectivity index (χ1v) is 6.83. The molecule has 0 aromatic heterocycles. The highest BCUT2D eigenvalue weighted by atomic mass is 15.3. The average molecular weight is 210 g/mol. The minimum atomic E-state index is 0.839. The van der Waals surface area contributed by atoms with E-state index in [4.69, 9.17) is 0 Å². The molecular formula is C13H26N2. The fourth-order valence-corrected chi connectivity index (χ4v) is 3.17. The van der Waals surface area contributed by atoms with Gasteiger partial charge in [0.1, 0.15) is 0 Å². The van der Waals surface area contributed by atoms with Crippen LogP contribution in [0, 0.1) is 0 Å². The van der Waals surface area contributed by atoms with Gasteiger partial charge in [-0.1, -0.05) is 20.3 Å². The molecule has 0 spiro atoms. The van der Waals surface area contributed by atoms with Crippen LogP contribution in [0.3, 0.4) is 0 Å². The summed E-state index contributed by atoms with van der Waals surface area (Å²) in [5.41, 5.74) is 0. The van der Waals surface area contributed by atoms with Crippen LogP contribution in [0.4, 0.5) is 0 Å². The Morgan fingerprint density at radius 2 is 2.07 bits per heavy atom. The fraction of sp³-hybridized carbons (Fsp3) is 1.00. The zero-order valence-electron chi connectivity index (χ0n) is 10.4. The lowest BCUT2D eigenvalue weighted by Gasteiger charge is -2.43. The molecule has 2 rings (SSSR count). The van der Waals surface area contributed by atoms with Crippen LogP contribution in [0.5, 0.6) is 0 Å². The second-order valence-electron chi connectivity index (χ2n) is 5.20. The van der Waals surface area contributed by atoms with Crippen LogP contribution in [-0.4, -0.2) is 48.1 Å². The second kappa shape index (κ2) is 5.31. The summed E-state index contributed by atoms with van der Waals surface area (Å²) in [6.45, 7) is 10.0. The summed E-state index contributed by atoms with van der Waals surface area (Å²) in [6, 6.07) is 1.73. The van der Waals surface area contributed by atoms with Gasteiger partial charge in [-0.3, -0.25) is 9.80 Å². The van der Waals surface area contributed by atoms with E-state index in [0.717, 1.165) is 12.1 Å². The van der Waals surface area contributed by atoms with Gasteiger partial charge >= 0.3 is 0 Å². The summed E-state index contributed by atoms with van der Waals surface area (Å²) >= 11 is 0. The highest BCUT2D eigenvalue weighted by Gasteiger charge is 2.34. The van der Waals surface area contributed by atoms with Crippen molar-refractivity contribution in [1.29, 1.82) is 0 Å². The smallest absolute Gasteiger partial charge is 0.0224 e. The normalized spacial score (nSPS) is 33.2. The van der Waals surface area contributed by atoms with Crippen LogP contribution < -0.4 is 0 Å². The van der Waals surface area contributed by atoms with Gasteiger partial charge in [0.25, 0.3) is 0 Å². The molecule has 2 fully saturated rings. The molecule has 0 aromatic carbocycles. The molecule has 2 aliphatic rings. The van der Waals surface area contributed by atoms with Crippen molar-refractivity contribution < 1.29 is 0 Å². The topological polar surface area (TPSA) is 6.48 Å². The zero-order valence-corrected chi connectivity index (χ0v) is 10.4. The van der Waals surface area contributed by atoms with E-state index in [9.17, 15) is 0 Å². The van der Waals surface area contributed by atoms with E-state index in [0.29, 0.717) is 0 Å². The van der Waals surface area contributed by atoms with Crippen LogP contribution in [0.1, 0.15) is 46.0 Å². The fourth-order valence-electron chi connectivity index (χ4n) is 3.17. The van der Waals surface area contributed by atoms with Crippen LogP contribution in [0.15, 0.2) is 0 Å². The number of fused-ring (bicyclic) bond motifs is 1. The van der Waals surface area contributed by atoms with E-state index in [2.05, 4.69) is 23.6 Å². The molecule has 2 heterocycles. The van der Waals surface area contributed by atoms with E-state index < -0.39 is 0 Å². The molecule has 0 radical (unpaired) electrons. The van der Waals surface area contributed by atoms with Gasteiger partial charge < -0.3 is 0 Å². The van der Waals surface area contributed by atoms with Crippen molar-refractivity contribution in [2.75, 3.05) is 26.2 Å². The highest BCUT2D eigenvalue weighted by Crippen LogP contribution is 2.25. The minimum absolute atomic E-state index is 0.839. The van der Waals surface area contributed by atoms with Crippen molar-refractivity contribution in [3.63, 3.8) is 0 Å². The standard InChI is InChI=1S/C13H26N2/c1-3-5-8-14-11-13-7-6-9-15(13)10-12(14)4-2/h12-13H,3-11H2,1-2H3. The lowest BCUT2D eigenvalue weighted by atomic mass is 10.0. The number of nitrogens with zero attached hydrogens (tertiary/aromatic N) is 2. The molecule has 2 heteroatoms. The largest absolute Gasteiger partial charge is 0.298 e. The quantitative estimate of drug-likeness (QED) is 0.703. The van der Waals surface area contributed by atoms with Crippen molar-refractivity contribution in [2.24, 2.45) is 0 Å². The summed E-state index contributed by atoms with van der Waals surface area (Å²) in [5, 5.41) is 0. The minimum Gasteiger partial charge on any atom is -0.298 e. The second-order valence-corrected chi connectivity index (χ2v) is 5.20. The summed E-state index contributed by atoms with van der Waals surface area (Å²) < 4.78 is 0. The highest BCUT2D eigenvalue weighted by molar-refractivity contribution is 4.91. The van der Waals surface area contributed by atoms with E-state index in [1.54, 1.807) is 0 Å². The first-order valence-electron chi connectivity index (χ1n) is 6.83. The van der Waals surface area contributed by atoms with Gasteiger partial charge in [0.05, 0.1) is 0 Å². The van der Waals surface area contributed by atoms with Crippen LogP contribution in [-0.2, 0) is 0 Å². The SMILES string of the molecule is CCCCN1CC2CCCN2CC1CC. The Hall–Kier alpha value is -0.0800. The van der Waals surface area contributed by atoms with Gasteiger partial charge in [0.15, 0.2) is 0 Å². The number of rotatable bonds is 4. The number of hydrogen-bond acceptors (Lipinski definition) is 2. The third-order valence-electron chi connectivity index (χ3n) is 4.18. The predicted octanol–water partition coefficient (Wildman–Crippen LogP) is 2.35. The van der Waals surface area contributed by atoms with Crippen molar-refractivity contribution in [3.8, 4) is 0 Å². The van der Waals surface area contributed by atoms with Gasteiger partial charge in [-0.15, -0.1) is 0 Å². The van der Waals surface area contributed by atoms with Gasteiger partial charge in [-0.05, 0) is 38.8 Å². The summed E-state index contributed by atoms with van der Waals surface area (Å²) in [7, 11) is 0. The lowest BCUT2D eigenvalue weighted by Crippen LogP contribution is -2.55. The molecule has 2 nitrogen and oxygen atoms in total. The molecule has 0 aromatic rings. The monoisotopic (exact) mass is 210 g/mol. The maximum absolute atomic E-state index is 2.76. The lowest BCUT2D eigenvalue weighted by molar-refractivity contribution is 0.0484. The predicted molar refractivity (Wildman–Crippen MR) is 65.2 cm³/mol. The van der Waals surface area contributed by atoms with Gasteiger partial charge in [-0.25, -0.2) is 0 Å². The number of unbranched alkanes of at least 4 members (excludes halogenated alkanes) is 1. The van der Waals surface area contributed by atoms with Crippen LogP contribution >= 0.6 is 0 Å². The van der Waals surface area contributed by atoms with Crippen molar-refractivity contribution in [3.05, 3.63) is 0 Å². The number of hydrogen-bond donors (Lipinski definition) is 0. The first-order chi connectivity index (χ1) is 7.35. The molecule has 0 saturated carbocycles. The van der Waals surface area contributed by atoms with Gasteiger partial charge in [0, 0.05) is 25.2 Å². The molecule has 2 unspecified atom stereocenters. The van der Waals surface area contributed by atoms with E-state index in [1.165, 1.54) is 58.3 Å². The summed E-state index contributed by atoms with van der Waals surface area (Å²) in [4.78, 5) is 5.49. The van der Waals surface area contributed by atoms with Crippen molar-refractivity contribution in [1.82, 2.24) is 9.80 Å². The van der Waals surface area contributed by atoms with Gasteiger partial charge in [0.2, 0.25) is 0 Å². The Morgan fingerprint density at radius 3 is 2.80 bits per heavy atom. The Labute approximate surface area is 94.6 Å². The van der Waals surface area contributed by atoms with Crippen molar-refractivity contribution in [2.45, 2.75) is 58.0 Å². The Kier molecular flexibility index (Phi) is 4.04. The third-order valence-corrected chi connectivity index (χ3v) is 4.18. The third kappa shape index (κ3) is 2.54.